The van der Waals surface area contributed by atoms with E-state index >= 15 is 0 Å². The molecular weight excluding hydrogens is 366 g/mol. The third-order valence-corrected chi connectivity index (χ3v) is 5.04. The van der Waals surface area contributed by atoms with Crippen LogP contribution >= 0.6 is 11.6 Å². The molecule has 0 unspecified atom stereocenters. The second-order valence-electron chi connectivity index (χ2n) is 6.86. The topological polar surface area (TPSA) is 82.5 Å². The highest BCUT2D eigenvalue weighted by molar-refractivity contribution is 6.31. The molecule has 1 aliphatic rings. The van der Waals surface area contributed by atoms with Gasteiger partial charge in [-0.05, 0) is 69.0 Å². The van der Waals surface area contributed by atoms with Gasteiger partial charge in [-0.1, -0.05) is 11.6 Å². The zero-order chi connectivity index (χ0) is 19.6. The minimum Gasteiger partial charge on any atom is -0.478 e. The number of carboxylic acids is 1. The first-order chi connectivity index (χ1) is 12.8. The molecule has 1 atom stereocenters. The second kappa shape index (κ2) is 7.96. The Kier molecular flexibility index (Phi) is 5.65. The van der Waals surface area contributed by atoms with Crippen molar-refractivity contribution in [2.75, 3.05) is 16.8 Å². The maximum absolute atomic E-state index is 12.6. The lowest BCUT2D eigenvalue weighted by Gasteiger charge is -2.34. The average molecular weight is 388 g/mol. The molecule has 142 valence electrons. The molecule has 6 nitrogen and oxygen atoms in total. The number of amides is 1. The van der Waals surface area contributed by atoms with E-state index in [2.05, 4.69) is 22.1 Å². The zero-order valence-corrected chi connectivity index (χ0v) is 16.1. The Hall–Kier alpha value is -2.60. The first-order valence-corrected chi connectivity index (χ1v) is 9.32. The lowest BCUT2D eigenvalue weighted by atomic mass is 10.0. The molecule has 1 fully saturated rings. The van der Waals surface area contributed by atoms with Crippen molar-refractivity contribution in [1.82, 2.24) is 4.98 Å². The first kappa shape index (κ1) is 19.2. The molecular formula is C20H22ClN3O3. The molecule has 0 saturated carbocycles. The van der Waals surface area contributed by atoms with E-state index in [9.17, 15) is 9.59 Å². The maximum Gasteiger partial charge on any atom is 0.335 e. The molecule has 0 bridgehead atoms. The number of rotatable bonds is 4. The number of carbonyl (C=O) groups is 2. The number of hydrogen-bond donors (Lipinski definition) is 2. The molecule has 0 radical (unpaired) electrons. The number of hydrogen-bond acceptors (Lipinski definition) is 4. The molecule has 1 amide bonds. The monoisotopic (exact) mass is 387 g/mol. The van der Waals surface area contributed by atoms with Crippen molar-refractivity contribution in [2.24, 2.45) is 0 Å². The van der Waals surface area contributed by atoms with Crippen molar-refractivity contribution in [3.63, 3.8) is 0 Å². The van der Waals surface area contributed by atoms with Crippen LogP contribution in [0.5, 0.6) is 0 Å². The van der Waals surface area contributed by atoms with Gasteiger partial charge in [-0.25, -0.2) is 9.78 Å². The van der Waals surface area contributed by atoms with E-state index in [-0.39, 0.29) is 17.2 Å². The lowest BCUT2D eigenvalue weighted by molar-refractivity contribution is 0.0696. The molecule has 2 heterocycles. The normalized spacial score (nSPS) is 16.9. The zero-order valence-electron chi connectivity index (χ0n) is 15.3. The Morgan fingerprint density at radius 3 is 2.70 bits per heavy atom. The Labute approximate surface area is 163 Å². The second-order valence-corrected chi connectivity index (χ2v) is 7.29. The summed E-state index contributed by atoms with van der Waals surface area (Å²) >= 11 is 6.23. The van der Waals surface area contributed by atoms with Gasteiger partial charge in [-0.2, -0.15) is 0 Å². The standard InChI is InChI=1S/C20H22ClN3O3/c1-12-9-15(6-7-16(12)20(26)27)22-19(25)17-10-14(21)11-18(23-17)24-8-4-3-5-13(24)2/h6-7,9-11,13H,3-5,8H2,1-2H3,(H,22,25)(H,26,27)/t13-/m0/s1. The Morgan fingerprint density at radius 2 is 2.04 bits per heavy atom. The summed E-state index contributed by atoms with van der Waals surface area (Å²) in [5, 5.41) is 12.3. The summed E-state index contributed by atoms with van der Waals surface area (Å²) in [6, 6.07) is 8.33. The van der Waals surface area contributed by atoms with Gasteiger partial charge in [0.05, 0.1) is 5.56 Å². The summed E-state index contributed by atoms with van der Waals surface area (Å²) in [6.45, 7) is 4.73. The van der Waals surface area contributed by atoms with Crippen LogP contribution in [0, 0.1) is 6.92 Å². The molecule has 1 saturated heterocycles. The molecule has 7 heteroatoms. The van der Waals surface area contributed by atoms with Gasteiger partial charge < -0.3 is 15.3 Å². The van der Waals surface area contributed by atoms with E-state index in [4.69, 9.17) is 16.7 Å². The molecule has 1 aromatic heterocycles. The van der Waals surface area contributed by atoms with Gasteiger partial charge in [0.2, 0.25) is 0 Å². The number of aryl methyl sites for hydroxylation is 1. The summed E-state index contributed by atoms with van der Waals surface area (Å²) in [6.07, 6.45) is 3.37. The predicted octanol–water partition coefficient (Wildman–Crippen LogP) is 4.37. The van der Waals surface area contributed by atoms with Crippen molar-refractivity contribution >= 4 is 35.0 Å². The van der Waals surface area contributed by atoms with Crippen LogP contribution in [0.2, 0.25) is 5.02 Å². The number of carboxylic acid groups (broad SMARTS) is 1. The number of piperidine rings is 1. The number of benzene rings is 1. The predicted molar refractivity (Wildman–Crippen MR) is 106 cm³/mol. The fourth-order valence-electron chi connectivity index (χ4n) is 3.36. The highest BCUT2D eigenvalue weighted by Gasteiger charge is 2.21. The summed E-state index contributed by atoms with van der Waals surface area (Å²) in [4.78, 5) is 30.4. The van der Waals surface area contributed by atoms with E-state index in [1.54, 1.807) is 25.1 Å². The van der Waals surface area contributed by atoms with Crippen molar-refractivity contribution in [3.05, 3.63) is 52.2 Å². The van der Waals surface area contributed by atoms with Crippen LogP contribution in [0.4, 0.5) is 11.5 Å². The van der Waals surface area contributed by atoms with Crippen LogP contribution in [0.3, 0.4) is 0 Å². The van der Waals surface area contributed by atoms with Gasteiger partial charge >= 0.3 is 5.97 Å². The smallest absolute Gasteiger partial charge is 0.335 e. The van der Waals surface area contributed by atoms with E-state index in [1.165, 1.54) is 18.6 Å². The van der Waals surface area contributed by atoms with Gasteiger partial charge in [0.25, 0.3) is 5.91 Å². The molecule has 1 aromatic carbocycles. The Balaban J connectivity index is 1.82. The van der Waals surface area contributed by atoms with E-state index in [0.29, 0.717) is 28.1 Å². The minimum atomic E-state index is -0.998. The number of halogens is 1. The third kappa shape index (κ3) is 4.39. The Morgan fingerprint density at radius 1 is 1.26 bits per heavy atom. The molecule has 0 aliphatic carbocycles. The summed E-state index contributed by atoms with van der Waals surface area (Å²) in [7, 11) is 0. The largest absolute Gasteiger partial charge is 0.478 e. The van der Waals surface area contributed by atoms with Gasteiger partial charge in [0, 0.05) is 23.3 Å². The average Bonchev–Trinajstić information content (AvgIpc) is 2.61. The number of carbonyl (C=O) groups excluding carboxylic acids is 1. The molecule has 3 rings (SSSR count). The quantitative estimate of drug-likeness (QED) is 0.813. The van der Waals surface area contributed by atoms with Gasteiger partial charge in [-0.3, -0.25) is 4.79 Å². The lowest BCUT2D eigenvalue weighted by Crippen LogP contribution is -2.38. The minimum absolute atomic E-state index is 0.204. The fraction of sp³-hybridized carbons (Fsp3) is 0.350. The van der Waals surface area contributed by atoms with Gasteiger partial charge in [0.1, 0.15) is 11.5 Å². The van der Waals surface area contributed by atoms with E-state index in [1.807, 2.05) is 0 Å². The number of pyridine rings is 1. The first-order valence-electron chi connectivity index (χ1n) is 8.94. The van der Waals surface area contributed by atoms with Crippen LogP contribution in [-0.4, -0.2) is 34.6 Å². The summed E-state index contributed by atoms with van der Waals surface area (Å²) in [5.74, 6) is -0.676. The number of nitrogens with zero attached hydrogens (tertiary/aromatic N) is 2. The van der Waals surface area contributed by atoms with Crippen molar-refractivity contribution in [3.8, 4) is 0 Å². The summed E-state index contributed by atoms with van der Waals surface area (Å²) < 4.78 is 0. The van der Waals surface area contributed by atoms with Crippen LogP contribution in [0.15, 0.2) is 30.3 Å². The maximum atomic E-state index is 12.6. The molecule has 0 spiro atoms. The number of aromatic carboxylic acids is 1. The van der Waals surface area contributed by atoms with Gasteiger partial charge in [0.15, 0.2) is 0 Å². The highest BCUT2D eigenvalue weighted by atomic mass is 35.5. The highest BCUT2D eigenvalue weighted by Crippen LogP contribution is 2.26. The Bertz CT molecular complexity index is 885. The van der Waals surface area contributed by atoms with E-state index < -0.39 is 5.97 Å². The third-order valence-electron chi connectivity index (χ3n) is 4.82. The van der Waals surface area contributed by atoms with Crippen molar-refractivity contribution in [2.45, 2.75) is 39.2 Å². The van der Waals surface area contributed by atoms with Crippen LogP contribution in [-0.2, 0) is 0 Å². The molecule has 2 aromatic rings. The van der Waals surface area contributed by atoms with Crippen molar-refractivity contribution < 1.29 is 14.7 Å². The fourth-order valence-corrected chi connectivity index (χ4v) is 3.56. The number of nitrogens with one attached hydrogen (secondary N) is 1. The van der Waals surface area contributed by atoms with E-state index in [0.717, 1.165) is 19.4 Å². The molecule has 1 aliphatic heterocycles. The van der Waals surface area contributed by atoms with Crippen LogP contribution < -0.4 is 10.2 Å². The van der Waals surface area contributed by atoms with Crippen molar-refractivity contribution in [1.29, 1.82) is 0 Å². The van der Waals surface area contributed by atoms with Crippen LogP contribution in [0.1, 0.15) is 52.6 Å². The SMILES string of the molecule is Cc1cc(NC(=O)c2cc(Cl)cc(N3CCCC[C@@H]3C)n2)ccc1C(=O)O. The number of aromatic nitrogens is 1. The summed E-state index contributed by atoms with van der Waals surface area (Å²) in [5.41, 5.74) is 1.52. The molecule has 27 heavy (non-hydrogen) atoms. The van der Waals surface area contributed by atoms with Crippen LogP contribution in [0.25, 0.3) is 0 Å². The number of anilines is 2. The van der Waals surface area contributed by atoms with Gasteiger partial charge in [-0.15, -0.1) is 0 Å². The molecule has 2 N–H and O–H groups in total.